The average Bonchev–Trinajstić information content (AvgIpc) is 2.43. The summed E-state index contributed by atoms with van der Waals surface area (Å²) in [5, 5.41) is 3.16. The predicted octanol–water partition coefficient (Wildman–Crippen LogP) is 0.366. The Labute approximate surface area is 103 Å². The van der Waals surface area contributed by atoms with Gasteiger partial charge in [-0.1, -0.05) is 6.92 Å². The molecule has 1 amide bonds. The molecule has 0 saturated carbocycles. The van der Waals surface area contributed by atoms with Crippen LogP contribution in [0.4, 0.5) is 0 Å². The molecule has 2 atom stereocenters. The molecule has 1 heterocycles. The molecule has 1 saturated heterocycles. The molecule has 1 aliphatic rings. The van der Waals surface area contributed by atoms with Crippen molar-refractivity contribution in [1.29, 1.82) is 0 Å². The fourth-order valence-corrected chi connectivity index (χ4v) is 2.25. The number of nitrogens with one attached hydrogen (secondary N) is 1. The highest BCUT2D eigenvalue weighted by Crippen LogP contribution is 2.21. The van der Waals surface area contributed by atoms with Crippen LogP contribution in [0.25, 0.3) is 0 Å². The highest BCUT2D eigenvalue weighted by Gasteiger charge is 2.41. The number of nitrogens with zero attached hydrogens (tertiary/aromatic N) is 1. The maximum Gasteiger partial charge on any atom is 0.241 e. The number of carbonyl (C=O) groups is 1. The topological polar surface area (TPSA) is 66.5 Å². The second-order valence-corrected chi connectivity index (χ2v) is 7.95. The van der Waals surface area contributed by atoms with Crippen LogP contribution in [0.5, 0.6) is 0 Å². The molecule has 5 nitrogen and oxygen atoms in total. The first-order chi connectivity index (χ1) is 7.60. The van der Waals surface area contributed by atoms with Gasteiger partial charge in [-0.25, -0.2) is 8.42 Å². The van der Waals surface area contributed by atoms with E-state index in [0.29, 0.717) is 0 Å². The van der Waals surface area contributed by atoms with Gasteiger partial charge in [0.2, 0.25) is 5.91 Å². The number of carbonyl (C=O) groups excluding carboxylic acids is 1. The molecule has 2 unspecified atom stereocenters. The molecule has 6 heteroatoms. The van der Waals surface area contributed by atoms with Crippen LogP contribution in [0.3, 0.4) is 0 Å². The van der Waals surface area contributed by atoms with Gasteiger partial charge in [0, 0.05) is 12.8 Å². The molecule has 100 valence electrons. The zero-order valence-corrected chi connectivity index (χ0v) is 12.0. The molecule has 1 rings (SSSR count). The first-order valence-corrected chi connectivity index (χ1v) is 7.75. The molecular weight excluding hydrogens is 240 g/mol. The summed E-state index contributed by atoms with van der Waals surface area (Å²) in [4.78, 5) is 13.6. The number of hydrogen-bond donors (Lipinski definition) is 1. The molecule has 0 radical (unpaired) electrons. The second kappa shape index (κ2) is 4.57. The first kappa shape index (κ1) is 14.4. The summed E-state index contributed by atoms with van der Waals surface area (Å²) in [6.45, 7) is 7.36. The van der Waals surface area contributed by atoms with Crippen molar-refractivity contribution >= 4 is 15.7 Å². The van der Waals surface area contributed by atoms with Gasteiger partial charge in [-0.05, 0) is 27.2 Å². The lowest BCUT2D eigenvalue weighted by Crippen LogP contribution is -2.48. The van der Waals surface area contributed by atoms with E-state index < -0.39 is 14.6 Å². The smallest absolute Gasteiger partial charge is 0.241 e. The molecule has 0 bridgehead atoms. The predicted molar refractivity (Wildman–Crippen MR) is 67.3 cm³/mol. The van der Waals surface area contributed by atoms with Gasteiger partial charge in [-0.3, -0.25) is 10.1 Å². The fraction of sp³-hybridized carbons (Fsp3) is 0.909. The zero-order chi connectivity index (χ0) is 13.4. The molecule has 0 aromatic rings. The fourth-order valence-electron chi connectivity index (χ4n) is 1.88. The van der Waals surface area contributed by atoms with Crippen molar-refractivity contribution in [3.05, 3.63) is 0 Å². The summed E-state index contributed by atoms with van der Waals surface area (Å²) in [5.41, 5.74) is 0. The van der Waals surface area contributed by atoms with Gasteiger partial charge < -0.3 is 4.90 Å². The molecule has 0 aromatic carbocycles. The molecule has 1 fully saturated rings. The molecule has 1 N–H and O–H groups in total. The minimum Gasteiger partial charge on any atom is -0.325 e. The molecule has 1 aliphatic heterocycles. The van der Waals surface area contributed by atoms with Gasteiger partial charge in [0.1, 0.15) is 0 Å². The normalized spacial score (nSPS) is 26.6. The second-order valence-electron chi connectivity index (χ2n) is 5.30. The van der Waals surface area contributed by atoms with Gasteiger partial charge in [0.05, 0.1) is 17.0 Å². The molecule has 0 aliphatic carbocycles. The minimum absolute atomic E-state index is 0.00303. The highest BCUT2D eigenvalue weighted by molar-refractivity contribution is 7.92. The van der Waals surface area contributed by atoms with Crippen molar-refractivity contribution in [1.82, 2.24) is 10.2 Å². The minimum atomic E-state index is -3.18. The van der Waals surface area contributed by atoms with Crippen LogP contribution in [-0.4, -0.2) is 49.0 Å². The Kier molecular flexibility index (Phi) is 3.88. The lowest BCUT2D eigenvalue weighted by atomic mass is 10.1. The average molecular weight is 262 g/mol. The van der Waals surface area contributed by atoms with Crippen LogP contribution in [0, 0.1) is 0 Å². The van der Waals surface area contributed by atoms with Crippen molar-refractivity contribution in [2.45, 2.75) is 51.1 Å². The lowest BCUT2D eigenvalue weighted by Gasteiger charge is -2.30. The van der Waals surface area contributed by atoms with Gasteiger partial charge in [-0.15, -0.1) is 0 Å². The summed E-state index contributed by atoms with van der Waals surface area (Å²) in [5.74, 6) is -0.00303. The quantitative estimate of drug-likeness (QED) is 0.795. The molecule has 17 heavy (non-hydrogen) atoms. The maximum absolute atomic E-state index is 12.0. The largest absolute Gasteiger partial charge is 0.325 e. The lowest BCUT2D eigenvalue weighted by molar-refractivity contribution is -0.130. The van der Waals surface area contributed by atoms with Gasteiger partial charge in [0.15, 0.2) is 9.84 Å². The van der Waals surface area contributed by atoms with Crippen LogP contribution in [0.2, 0.25) is 0 Å². The summed E-state index contributed by atoms with van der Waals surface area (Å²) in [6, 6.07) is -0.180. The van der Waals surface area contributed by atoms with Crippen LogP contribution in [-0.2, 0) is 14.6 Å². The first-order valence-electron chi connectivity index (χ1n) is 5.86. The summed E-state index contributed by atoms with van der Waals surface area (Å²) >= 11 is 0. The third kappa shape index (κ3) is 2.80. The van der Waals surface area contributed by atoms with Crippen LogP contribution < -0.4 is 5.32 Å². The molecule has 0 spiro atoms. The Morgan fingerprint density at radius 2 is 1.94 bits per heavy atom. The third-order valence-corrected chi connectivity index (χ3v) is 5.59. The van der Waals surface area contributed by atoms with Crippen molar-refractivity contribution in [3.63, 3.8) is 0 Å². The van der Waals surface area contributed by atoms with E-state index in [1.54, 1.807) is 18.7 Å². The Hall–Kier alpha value is -0.620. The van der Waals surface area contributed by atoms with E-state index >= 15 is 0 Å². The SMILES string of the molecule is CCC1NC(C)N(CC(C)(C)S(C)(=O)=O)C1=O. The van der Waals surface area contributed by atoms with Crippen molar-refractivity contribution in [3.8, 4) is 0 Å². The van der Waals surface area contributed by atoms with Crippen molar-refractivity contribution in [2.24, 2.45) is 0 Å². The maximum atomic E-state index is 12.0. The Bertz CT molecular complexity index is 403. The van der Waals surface area contributed by atoms with E-state index in [1.807, 2.05) is 13.8 Å². The molecular formula is C11H22N2O3S. The summed E-state index contributed by atoms with van der Waals surface area (Å²) in [6.07, 6.45) is 1.83. The van der Waals surface area contributed by atoms with E-state index in [9.17, 15) is 13.2 Å². The van der Waals surface area contributed by atoms with Gasteiger partial charge >= 0.3 is 0 Å². The zero-order valence-electron chi connectivity index (χ0n) is 11.1. The van der Waals surface area contributed by atoms with Gasteiger partial charge in [0.25, 0.3) is 0 Å². The van der Waals surface area contributed by atoms with E-state index in [0.717, 1.165) is 6.42 Å². The number of sulfone groups is 1. The third-order valence-electron chi connectivity index (χ3n) is 3.45. The van der Waals surface area contributed by atoms with Crippen LogP contribution >= 0.6 is 0 Å². The summed E-state index contributed by atoms with van der Waals surface area (Å²) < 4.78 is 22.4. The van der Waals surface area contributed by atoms with E-state index in [1.165, 1.54) is 6.26 Å². The number of hydrogen-bond acceptors (Lipinski definition) is 4. The van der Waals surface area contributed by atoms with E-state index in [4.69, 9.17) is 0 Å². The van der Waals surface area contributed by atoms with Crippen molar-refractivity contribution < 1.29 is 13.2 Å². The number of rotatable bonds is 4. The Morgan fingerprint density at radius 1 is 1.41 bits per heavy atom. The van der Waals surface area contributed by atoms with E-state index in [-0.39, 0.29) is 24.7 Å². The van der Waals surface area contributed by atoms with Crippen LogP contribution in [0.15, 0.2) is 0 Å². The monoisotopic (exact) mass is 262 g/mol. The van der Waals surface area contributed by atoms with E-state index in [2.05, 4.69) is 5.32 Å². The number of amides is 1. The molecule has 0 aromatic heterocycles. The standard InChI is InChI=1S/C11H22N2O3S/c1-6-9-10(14)13(8(2)12-9)7-11(3,4)17(5,15)16/h8-9,12H,6-7H2,1-5H3. The summed E-state index contributed by atoms with van der Waals surface area (Å²) in [7, 11) is -3.18. The Balaban J connectivity index is 2.86. The Morgan fingerprint density at radius 3 is 2.29 bits per heavy atom. The highest BCUT2D eigenvalue weighted by atomic mass is 32.2. The van der Waals surface area contributed by atoms with Gasteiger partial charge in [-0.2, -0.15) is 0 Å². The van der Waals surface area contributed by atoms with Crippen LogP contribution in [0.1, 0.15) is 34.1 Å². The van der Waals surface area contributed by atoms with Crippen molar-refractivity contribution in [2.75, 3.05) is 12.8 Å².